The molecule has 0 amide bonds. The number of unbranched alkanes of at least 4 members (excludes halogenated alkanes) is 11. The van der Waals surface area contributed by atoms with Gasteiger partial charge in [0.2, 0.25) is 0 Å². The van der Waals surface area contributed by atoms with Crippen molar-refractivity contribution in [1.29, 1.82) is 0 Å². The lowest BCUT2D eigenvalue weighted by molar-refractivity contribution is -0.149. The van der Waals surface area contributed by atoms with E-state index in [9.17, 15) is 9.59 Å². The van der Waals surface area contributed by atoms with Gasteiger partial charge in [-0.1, -0.05) is 150 Å². The van der Waals surface area contributed by atoms with Gasteiger partial charge in [0.05, 0.1) is 0 Å². The highest BCUT2D eigenvalue weighted by atomic mass is 16.5. The average Bonchev–Trinajstić information content (AvgIpc) is 3.07. The van der Waals surface area contributed by atoms with Crippen LogP contribution in [0.1, 0.15) is 174 Å². The van der Waals surface area contributed by atoms with Crippen molar-refractivity contribution in [2.24, 2.45) is 0 Å². The molecular formula is C44H72O4. The van der Waals surface area contributed by atoms with Crippen LogP contribution in [0.25, 0.3) is 0 Å². The summed E-state index contributed by atoms with van der Waals surface area (Å²) in [6.45, 7) is 4.41. The van der Waals surface area contributed by atoms with Crippen LogP contribution in [0.2, 0.25) is 0 Å². The topological polar surface area (TPSA) is 63.6 Å². The number of carbonyl (C=O) groups excluding carboxylic acids is 1. The molecule has 1 N–H and O–H groups in total. The number of esters is 1. The van der Waals surface area contributed by atoms with Gasteiger partial charge in [0.25, 0.3) is 0 Å². The molecular weight excluding hydrogens is 592 g/mol. The standard InChI is InChI=1S/C44H72O4/c1-3-5-7-9-11-13-15-16-17-18-19-20-21-22-24-26-28-33-37-41-44(47)48-42(39-35-31-29-32-36-40-43(45)46)38-34-30-27-25-23-14-12-10-8-6-4-2/h5,7,11,13,16-17,19-20,22,24-25,27-28,33,42H,3-4,6,8-10,12,14-15,18,21,23,26,29-32,34-41H2,1-2H3,(H,45,46)/b7-5-,13-11-,17-16-,20-19-,24-22-,27-25-,33-28-. The smallest absolute Gasteiger partial charge is 0.306 e. The van der Waals surface area contributed by atoms with Crippen LogP contribution < -0.4 is 0 Å². The molecule has 0 saturated carbocycles. The molecule has 272 valence electrons. The van der Waals surface area contributed by atoms with Gasteiger partial charge >= 0.3 is 11.9 Å². The van der Waals surface area contributed by atoms with Crippen LogP contribution in [0.5, 0.6) is 0 Å². The first-order chi connectivity index (χ1) is 23.6. The number of hydrogen-bond donors (Lipinski definition) is 1. The number of carbonyl (C=O) groups is 2. The number of allylic oxidation sites excluding steroid dienone is 14. The fourth-order valence-corrected chi connectivity index (χ4v) is 5.27. The Kier molecular flexibility index (Phi) is 36.3. The molecule has 0 spiro atoms. The van der Waals surface area contributed by atoms with Crippen molar-refractivity contribution in [3.05, 3.63) is 85.1 Å². The summed E-state index contributed by atoms with van der Waals surface area (Å²) in [4.78, 5) is 23.3. The molecule has 0 heterocycles. The van der Waals surface area contributed by atoms with Crippen LogP contribution in [0, 0.1) is 0 Å². The fourth-order valence-electron chi connectivity index (χ4n) is 5.27. The number of hydrogen-bond acceptors (Lipinski definition) is 3. The van der Waals surface area contributed by atoms with Gasteiger partial charge in [-0.15, -0.1) is 0 Å². The van der Waals surface area contributed by atoms with Crippen molar-refractivity contribution in [1.82, 2.24) is 0 Å². The van der Waals surface area contributed by atoms with E-state index in [1.807, 2.05) is 0 Å². The van der Waals surface area contributed by atoms with Crippen molar-refractivity contribution in [3.63, 3.8) is 0 Å². The summed E-state index contributed by atoms with van der Waals surface area (Å²) in [5.41, 5.74) is 0. The van der Waals surface area contributed by atoms with E-state index >= 15 is 0 Å². The second kappa shape index (κ2) is 38.6. The highest BCUT2D eigenvalue weighted by Gasteiger charge is 2.13. The van der Waals surface area contributed by atoms with E-state index in [0.29, 0.717) is 12.8 Å². The van der Waals surface area contributed by atoms with Gasteiger partial charge < -0.3 is 9.84 Å². The van der Waals surface area contributed by atoms with E-state index in [4.69, 9.17) is 9.84 Å². The van der Waals surface area contributed by atoms with Crippen molar-refractivity contribution in [2.45, 2.75) is 180 Å². The van der Waals surface area contributed by atoms with Gasteiger partial charge in [-0.25, -0.2) is 0 Å². The van der Waals surface area contributed by atoms with E-state index < -0.39 is 5.97 Å². The Bertz CT molecular complexity index is 934. The molecule has 0 fully saturated rings. The summed E-state index contributed by atoms with van der Waals surface area (Å²) in [5, 5.41) is 8.81. The SMILES string of the molecule is CC/C=C\C/C=C\C/C=C\C/C=C\C/C=C\C/C=C\CCC(=O)OC(CCC/C=C\CCCCCCCC)CCCCCCCC(=O)O. The third-order valence-electron chi connectivity index (χ3n) is 8.11. The molecule has 0 aliphatic rings. The van der Waals surface area contributed by atoms with Crippen molar-refractivity contribution in [2.75, 3.05) is 0 Å². The van der Waals surface area contributed by atoms with Crippen LogP contribution >= 0.6 is 0 Å². The Morgan fingerprint density at radius 1 is 0.479 bits per heavy atom. The molecule has 0 saturated heterocycles. The number of carboxylic acids is 1. The summed E-state index contributed by atoms with van der Waals surface area (Å²) in [5.74, 6) is -0.813. The third kappa shape index (κ3) is 37.6. The van der Waals surface area contributed by atoms with Gasteiger partial charge in [0.1, 0.15) is 6.10 Å². The minimum atomic E-state index is -0.716. The Morgan fingerprint density at radius 3 is 1.48 bits per heavy atom. The molecule has 1 atom stereocenters. The Morgan fingerprint density at radius 2 is 0.917 bits per heavy atom. The molecule has 0 aromatic carbocycles. The van der Waals surface area contributed by atoms with E-state index in [2.05, 4.69) is 98.9 Å². The molecule has 4 heteroatoms. The van der Waals surface area contributed by atoms with E-state index in [-0.39, 0.29) is 18.5 Å². The molecule has 0 aromatic heterocycles. The van der Waals surface area contributed by atoms with Crippen LogP contribution in [-0.4, -0.2) is 23.1 Å². The van der Waals surface area contributed by atoms with Crippen LogP contribution in [0.3, 0.4) is 0 Å². The molecule has 0 radical (unpaired) electrons. The Balaban J connectivity index is 4.24. The average molecular weight is 665 g/mol. The molecule has 0 bridgehead atoms. The second-order valence-corrected chi connectivity index (χ2v) is 12.7. The third-order valence-corrected chi connectivity index (χ3v) is 8.11. The minimum absolute atomic E-state index is 0.0197. The maximum absolute atomic E-state index is 12.6. The van der Waals surface area contributed by atoms with Crippen LogP contribution in [0.15, 0.2) is 85.1 Å². The second-order valence-electron chi connectivity index (χ2n) is 12.7. The summed E-state index contributed by atoms with van der Waals surface area (Å²) >= 11 is 0. The first-order valence-electron chi connectivity index (χ1n) is 19.6. The lowest BCUT2D eigenvalue weighted by atomic mass is 10.0. The molecule has 0 aliphatic carbocycles. The van der Waals surface area contributed by atoms with Crippen LogP contribution in [0.4, 0.5) is 0 Å². The number of rotatable bonds is 34. The van der Waals surface area contributed by atoms with E-state index in [1.54, 1.807) is 0 Å². The number of ether oxygens (including phenoxy) is 1. The van der Waals surface area contributed by atoms with Crippen molar-refractivity contribution < 1.29 is 19.4 Å². The monoisotopic (exact) mass is 665 g/mol. The fraction of sp³-hybridized carbons (Fsp3) is 0.636. The van der Waals surface area contributed by atoms with E-state index in [1.165, 1.54) is 44.9 Å². The van der Waals surface area contributed by atoms with Gasteiger partial charge in [-0.3, -0.25) is 9.59 Å². The predicted octanol–water partition coefficient (Wildman–Crippen LogP) is 13.7. The van der Waals surface area contributed by atoms with Crippen LogP contribution in [-0.2, 0) is 14.3 Å². The Hall–Kier alpha value is -2.88. The van der Waals surface area contributed by atoms with Gasteiger partial charge in [0.15, 0.2) is 0 Å². The highest BCUT2D eigenvalue weighted by molar-refractivity contribution is 5.69. The zero-order valence-corrected chi connectivity index (χ0v) is 31.0. The molecule has 0 rings (SSSR count). The summed E-state index contributed by atoms with van der Waals surface area (Å²) in [6.07, 6.45) is 56.0. The number of aliphatic carboxylic acids is 1. The first kappa shape index (κ1) is 45.1. The van der Waals surface area contributed by atoms with E-state index in [0.717, 1.165) is 96.3 Å². The first-order valence-corrected chi connectivity index (χ1v) is 19.6. The zero-order valence-electron chi connectivity index (χ0n) is 31.0. The summed E-state index contributed by atoms with van der Waals surface area (Å²) < 4.78 is 5.93. The maximum atomic E-state index is 12.6. The lowest BCUT2D eigenvalue weighted by Crippen LogP contribution is -2.18. The highest BCUT2D eigenvalue weighted by Crippen LogP contribution is 2.17. The normalized spacial score (nSPS) is 13.2. The lowest BCUT2D eigenvalue weighted by Gasteiger charge is -2.17. The maximum Gasteiger partial charge on any atom is 0.306 e. The predicted molar refractivity (Wildman–Crippen MR) is 208 cm³/mol. The molecule has 48 heavy (non-hydrogen) atoms. The van der Waals surface area contributed by atoms with Crippen molar-refractivity contribution >= 4 is 11.9 Å². The summed E-state index contributed by atoms with van der Waals surface area (Å²) in [7, 11) is 0. The molecule has 0 aliphatic heterocycles. The molecule has 1 unspecified atom stereocenters. The van der Waals surface area contributed by atoms with Gasteiger partial charge in [0, 0.05) is 12.8 Å². The van der Waals surface area contributed by atoms with Crippen molar-refractivity contribution in [3.8, 4) is 0 Å². The van der Waals surface area contributed by atoms with Gasteiger partial charge in [-0.2, -0.15) is 0 Å². The number of carboxylic acid groups (broad SMARTS) is 1. The quantitative estimate of drug-likeness (QED) is 0.0422. The Labute approximate surface area is 296 Å². The van der Waals surface area contributed by atoms with Gasteiger partial charge in [-0.05, 0) is 96.3 Å². The largest absolute Gasteiger partial charge is 0.481 e. The molecule has 4 nitrogen and oxygen atoms in total. The summed E-state index contributed by atoms with van der Waals surface area (Å²) in [6, 6.07) is 0. The minimum Gasteiger partial charge on any atom is -0.481 e. The zero-order chi connectivity index (χ0) is 35.0. The molecule has 0 aromatic rings.